The van der Waals surface area contributed by atoms with Crippen molar-refractivity contribution in [2.24, 2.45) is 17.6 Å². The lowest BCUT2D eigenvalue weighted by Gasteiger charge is -2.27. The number of aryl methyl sites for hydroxylation is 3. The second kappa shape index (κ2) is 16.6. The maximum absolute atomic E-state index is 5.62. The molecule has 3 unspecified atom stereocenters. The maximum Gasteiger partial charge on any atom is 0.0106 e. The predicted molar refractivity (Wildman–Crippen MR) is 165 cm³/mol. The number of hydrogen-bond donors (Lipinski definition) is 1. The first-order chi connectivity index (χ1) is 17.7. The highest BCUT2D eigenvalue weighted by atomic mass is 15.1. The van der Waals surface area contributed by atoms with Gasteiger partial charge < -0.3 is 10.6 Å². The van der Waals surface area contributed by atoms with Gasteiger partial charge in [0.05, 0.1) is 0 Å². The van der Waals surface area contributed by atoms with E-state index in [0.717, 1.165) is 18.5 Å². The maximum atomic E-state index is 5.62. The second-order valence-corrected chi connectivity index (χ2v) is 11.4. The average molecular weight is 503 g/mol. The molecule has 0 fully saturated rings. The van der Waals surface area contributed by atoms with Crippen molar-refractivity contribution in [3.8, 4) is 0 Å². The molecule has 0 aliphatic rings. The largest absolute Gasteiger partial charge is 0.327 e. The van der Waals surface area contributed by atoms with E-state index in [1.807, 2.05) is 0 Å². The molecule has 0 amide bonds. The van der Waals surface area contributed by atoms with Crippen molar-refractivity contribution in [1.29, 1.82) is 0 Å². The lowest BCUT2D eigenvalue weighted by atomic mass is 9.86. The van der Waals surface area contributed by atoms with Gasteiger partial charge in [0, 0.05) is 13.1 Å². The molecule has 2 rings (SSSR count). The van der Waals surface area contributed by atoms with E-state index < -0.39 is 0 Å². The SMILES string of the molecule is C=C(C)c1ccc(CCC(CN(C)CCCCC(C)C(C)/C=C/CN)c2ccc(C)cc2CCC)cc1. The van der Waals surface area contributed by atoms with Crippen molar-refractivity contribution in [2.75, 3.05) is 26.7 Å². The summed E-state index contributed by atoms with van der Waals surface area (Å²) in [6, 6.07) is 16.2. The van der Waals surface area contributed by atoms with Crippen LogP contribution in [0.4, 0.5) is 0 Å². The van der Waals surface area contributed by atoms with Gasteiger partial charge in [-0.3, -0.25) is 0 Å². The molecule has 0 spiro atoms. The predicted octanol–water partition coefficient (Wildman–Crippen LogP) is 8.59. The van der Waals surface area contributed by atoms with Crippen molar-refractivity contribution >= 4 is 5.57 Å². The summed E-state index contributed by atoms with van der Waals surface area (Å²) in [5, 5.41) is 0. The first-order valence-electron chi connectivity index (χ1n) is 14.6. The zero-order chi connectivity index (χ0) is 27.2. The molecule has 0 aliphatic heterocycles. The Balaban J connectivity index is 2.03. The standard InChI is InChI=1S/C35H54N2/c1-8-12-33-25-28(4)15-22-35(33)34(21-18-31-16-19-32(20-17-31)27(2)3)26-37(7)24-10-9-13-29(5)30(6)14-11-23-36/h11,14-17,19-20,22,25,29-30,34H,2,8-10,12-13,18,21,23-24,26,36H2,1,3-7H3/b14-11+. The molecule has 0 saturated carbocycles. The molecule has 2 nitrogen and oxygen atoms in total. The minimum Gasteiger partial charge on any atom is -0.327 e. The number of nitrogens with two attached hydrogens (primary N) is 1. The van der Waals surface area contributed by atoms with Gasteiger partial charge >= 0.3 is 0 Å². The number of allylic oxidation sites excluding steroid dienone is 2. The third kappa shape index (κ3) is 11.0. The molecule has 204 valence electrons. The molecule has 2 aromatic rings. The van der Waals surface area contributed by atoms with Crippen LogP contribution in [0.25, 0.3) is 5.57 Å². The summed E-state index contributed by atoms with van der Waals surface area (Å²) in [5.41, 5.74) is 13.9. The summed E-state index contributed by atoms with van der Waals surface area (Å²) in [6.45, 7) is 18.3. The monoisotopic (exact) mass is 502 g/mol. The third-order valence-corrected chi connectivity index (χ3v) is 7.94. The average Bonchev–Trinajstić information content (AvgIpc) is 2.88. The van der Waals surface area contributed by atoms with Gasteiger partial charge in [0.15, 0.2) is 0 Å². The van der Waals surface area contributed by atoms with E-state index in [1.165, 1.54) is 61.8 Å². The van der Waals surface area contributed by atoms with Crippen molar-refractivity contribution in [2.45, 2.75) is 85.5 Å². The van der Waals surface area contributed by atoms with Crippen molar-refractivity contribution in [3.63, 3.8) is 0 Å². The van der Waals surface area contributed by atoms with Crippen molar-refractivity contribution < 1.29 is 0 Å². The quantitative estimate of drug-likeness (QED) is 0.173. The van der Waals surface area contributed by atoms with Crippen LogP contribution >= 0.6 is 0 Å². The van der Waals surface area contributed by atoms with Crippen LogP contribution in [0, 0.1) is 18.8 Å². The van der Waals surface area contributed by atoms with Crippen LogP contribution < -0.4 is 5.73 Å². The Morgan fingerprint density at radius 3 is 2.41 bits per heavy atom. The van der Waals surface area contributed by atoms with Gasteiger partial charge in [-0.1, -0.05) is 112 Å². The Labute approximate surface area is 229 Å². The van der Waals surface area contributed by atoms with Gasteiger partial charge in [0.1, 0.15) is 0 Å². The lowest BCUT2D eigenvalue weighted by molar-refractivity contribution is 0.290. The minimum atomic E-state index is 0.549. The highest BCUT2D eigenvalue weighted by molar-refractivity contribution is 5.61. The van der Waals surface area contributed by atoms with E-state index in [2.05, 4.69) is 108 Å². The van der Waals surface area contributed by atoms with E-state index in [-0.39, 0.29) is 0 Å². The van der Waals surface area contributed by atoms with Crippen LogP contribution in [0.2, 0.25) is 0 Å². The van der Waals surface area contributed by atoms with Crippen LogP contribution in [0.1, 0.15) is 93.5 Å². The zero-order valence-electron chi connectivity index (χ0n) is 24.7. The van der Waals surface area contributed by atoms with Crippen LogP contribution in [0.3, 0.4) is 0 Å². The van der Waals surface area contributed by atoms with E-state index in [9.17, 15) is 0 Å². The Bertz CT molecular complexity index is 956. The van der Waals surface area contributed by atoms with Crippen LogP contribution in [-0.2, 0) is 12.8 Å². The summed E-state index contributed by atoms with van der Waals surface area (Å²) < 4.78 is 0. The van der Waals surface area contributed by atoms with Gasteiger partial charge in [0.2, 0.25) is 0 Å². The van der Waals surface area contributed by atoms with Gasteiger partial charge in [-0.15, -0.1) is 0 Å². The van der Waals surface area contributed by atoms with Crippen LogP contribution in [0.15, 0.2) is 61.2 Å². The van der Waals surface area contributed by atoms with Crippen LogP contribution in [0.5, 0.6) is 0 Å². The van der Waals surface area contributed by atoms with E-state index in [0.29, 0.717) is 24.3 Å². The van der Waals surface area contributed by atoms with E-state index >= 15 is 0 Å². The summed E-state index contributed by atoms with van der Waals surface area (Å²) >= 11 is 0. The molecule has 0 aliphatic carbocycles. The molecule has 3 atom stereocenters. The van der Waals surface area contributed by atoms with Gasteiger partial charge in [-0.05, 0) is 93.1 Å². The van der Waals surface area contributed by atoms with Gasteiger partial charge in [-0.2, -0.15) is 0 Å². The normalized spacial score (nSPS) is 14.3. The fourth-order valence-corrected chi connectivity index (χ4v) is 5.32. The number of nitrogens with zero attached hydrogens (tertiary/aromatic N) is 1. The number of likely N-dealkylation sites (N-methyl/N-ethyl adjacent to an activating group) is 1. The second-order valence-electron chi connectivity index (χ2n) is 11.4. The molecule has 2 heteroatoms. The summed E-state index contributed by atoms with van der Waals surface area (Å²) in [4.78, 5) is 2.58. The Kier molecular flexibility index (Phi) is 14.0. The highest BCUT2D eigenvalue weighted by Crippen LogP contribution is 2.29. The molecule has 0 heterocycles. The molecule has 0 bridgehead atoms. The topological polar surface area (TPSA) is 29.3 Å². The molecular weight excluding hydrogens is 448 g/mol. The fraction of sp³-hybridized carbons (Fsp3) is 0.543. The molecule has 2 N–H and O–H groups in total. The van der Waals surface area contributed by atoms with Gasteiger partial charge in [0.25, 0.3) is 0 Å². The smallest absolute Gasteiger partial charge is 0.0106 e. The molecule has 0 aromatic heterocycles. The zero-order valence-corrected chi connectivity index (χ0v) is 24.7. The van der Waals surface area contributed by atoms with E-state index in [4.69, 9.17) is 5.73 Å². The minimum absolute atomic E-state index is 0.549. The first-order valence-corrected chi connectivity index (χ1v) is 14.6. The van der Waals surface area contributed by atoms with Crippen molar-refractivity contribution in [1.82, 2.24) is 4.90 Å². The summed E-state index contributed by atoms with van der Waals surface area (Å²) in [5.74, 6) is 1.86. The molecule has 37 heavy (non-hydrogen) atoms. The third-order valence-electron chi connectivity index (χ3n) is 7.94. The van der Waals surface area contributed by atoms with Crippen molar-refractivity contribution in [3.05, 3.63) is 89.0 Å². The summed E-state index contributed by atoms with van der Waals surface area (Å²) in [6.07, 6.45) is 12.9. The number of benzene rings is 2. The Hall–Kier alpha value is -2.16. The lowest BCUT2D eigenvalue weighted by Crippen LogP contribution is -2.27. The number of unbranched alkanes of at least 4 members (excludes halogenated alkanes) is 1. The van der Waals surface area contributed by atoms with E-state index in [1.54, 1.807) is 11.1 Å². The number of hydrogen-bond acceptors (Lipinski definition) is 2. The van der Waals surface area contributed by atoms with Gasteiger partial charge in [-0.25, -0.2) is 0 Å². The molecular formula is C35H54N2. The first kappa shape index (κ1) is 31.1. The van der Waals surface area contributed by atoms with Crippen LogP contribution in [-0.4, -0.2) is 31.6 Å². The molecule has 0 radical (unpaired) electrons. The Morgan fingerprint density at radius 2 is 1.76 bits per heavy atom. The molecule has 2 aromatic carbocycles. The molecule has 0 saturated heterocycles. The number of rotatable bonds is 17. The highest BCUT2D eigenvalue weighted by Gasteiger charge is 2.18. The fourth-order valence-electron chi connectivity index (χ4n) is 5.32. The summed E-state index contributed by atoms with van der Waals surface area (Å²) in [7, 11) is 2.32. The Morgan fingerprint density at radius 1 is 1.03 bits per heavy atom.